The van der Waals surface area contributed by atoms with Gasteiger partial charge in [-0.25, -0.2) is 4.99 Å². The quantitative estimate of drug-likeness (QED) is 0.0402. The molecule has 5 aliphatic heterocycles. The number of rotatable bonds is 28. The normalized spacial score (nSPS) is 28.9. The number of carbonyl (C=O) groups excluding carboxylic acids is 2. The van der Waals surface area contributed by atoms with E-state index in [9.17, 15) is 9.59 Å². The third-order valence-electron chi connectivity index (χ3n) is 13.6. The molecule has 0 aliphatic carbocycles. The molecule has 0 unspecified atom stereocenters. The molecule has 5 heterocycles. The Hall–Kier alpha value is -2.21. The van der Waals surface area contributed by atoms with E-state index in [0.717, 1.165) is 135 Å². The average Bonchev–Trinajstić information content (AvgIpc) is 3.81. The summed E-state index contributed by atoms with van der Waals surface area (Å²) in [7, 11) is 0. The highest BCUT2D eigenvalue weighted by atomic mass is 16.6. The molecule has 4 fully saturated rings. The van der Waals surface area contributed by atoms with E-state index in [0.29, 0.717) is 32.2 Å². The zero-order chi connectivity index (χ0) is 41.1. The van der Waals surface area contributed by atoms with Gasteiger partial charge in [0.15, 0.2) is 11.7 Å². The Morgan fingerprint density at radius 2 is 1.53 bits per heavy atom. The predicted molar refractivity (Wildman–Crippen MR) is 234 cm³/mol. The van der Waals surface area contributed by atoms with Gasteiger partial charge in [0.25, 0.3) is 0 Å². The number of nitrogens with zero attached hydrogens (tertiary/aromatic N) is 3. The van der Waals surface area contributed by atoms with E-state index in [1.165, 1.54) is 57.8 Å². The summed E-state index contributed by atoms with van der Waals surface area (Å²) >= 11 is 0. The Balaban J connectivity index is 0.965. The molecule has 0 radical (unpaired) electrons. The molecule has 0 aromatic heterocycles. The summed E-state index contributed by atoms with van der Waals surface area (Å²) in [6, 6.07) is 0.360. The number of ether oxygens (including phenoxy) is 3. The van der Waals surface area contributed by atoms with Crippen LogP contribution in [0.5, 0.6) is 0 Å². The van der Waals surface area contributed by atoms with Crippen LogP contribution < -0.4 is 16.8 Å². The van der Waals surface area contributed by atoms with Gasteiger partial charge in [-0.05, 0) is 103 Å². The fraction of sp³-hybridized carbons (Fsp3) is 0.894. The van der Waals surface area contributed by atoms with Crippen molar-refractivity contribution in [3.8, 4) is 0 Å². The average molecular weight is 813 g/mol. The Morgan fingerprint density at radius 1 is 0.845 bits per heavy atom. The first-order chi connectivity index (χ1) is 28.4. The summed E-state index contributed by atoms with van der Waals surface area (Å²) in [5.41, 5.74) is 10.0. The van der Waals surface area contributed by atoms with Crippen molar-refractivity contribution in [3.63, 3.8) is 0 Å². The van der Waals surface area contributed by atoms with E-state index >= 15 is 0 Å². The van der Waals surface area contributed by atoms with Crippen molar-refractivity contribution in [2.75, 3.05) is 32.8 Å². The van der Waals surface area contributed by atoms with Crippen LogP contribution in [0.1, 0.15) is 194 Å². The second-order valence-electron chi connectivity index (χ2n) is 18.3. The monoisotopic (exact) mass is 813 g/mol. The third-order valence-corrected chi connectivity index (χ3v) is 13.6. The van der Waals surface area contributed by atoms with Crippen molar-refractivity contribution < 1.29 is 23.8 Å². The van der Waals surface area contributed by atoms with Crippen molar-refractivity contribution in [1.29, 1.82) is 0 Å². The SMILES string of the molecule is CC/C=C/[C@@H]1CC[C@]2(C[C@H]3CC[C@H]4[C@@H](C(=O)OCCCCCCCCCCCCCCCC(=O)N(CCCN)CCCCN)[C@@]5(CCC[C@H](CCC)O5)N=C(N2)N34)O1. The number of nitrogens with one attached hydrogen (secondary N) is 1. The minimum absolute atomic E-state index is 0.0444. The van der Waals surface area contributed by atoms with Crippen LogP contribution in [-0.2, 0) is 23.8 Å². The lowest BCUT2D eigenvalue weighted by Crippen LogP contribution is -2.70. The van der Waals surface area contributed by atoms with E-state index in [1.807, 2.05) is 4.90 Å². The number of amides is 1. The second kappa shape index (κ2) is 24.9. The molecule has 58 heavy (non-hydrogen) atoms. The molecule has 1 amide bonds. The Labute approximate surface area is 352 Å². The summed E-state index contributed by atoms with van der Waals surface area (Å²) in [6.07, 6.45) is 34.5. The van der Waals surface area contributed by atoms with Gasteiger partial charge < -0.3 is 40.8 Å². The largest absolute Gasteiger partial charge is 0.465 e. The van der Waals surface area contributed by atoms with Crippen LogP contribution in [0, 0.1) is 5.92 Å². The van der Waals surface area contributed by atoms with Crippen LogP contribution >= 0.6 is 0 Å². The van der Waals surface area contributed by atoms with E-state index in [2.05, 4.69) is 36.2 Å². The van der Waals surface area contributed by atoms with E-state index in [1.54, 1.807) is 0 Å². The molecule has 0 bridgehead atoms. The van der Waals surface area contributed by atoms with Crippen LogP contribution in [0.3, 0.4) is 0 Å². The van der Waals surface area contributed by atoms with Crippen molar-refractivity contribution in [1.82, 2.24) is 15.1 Å². The number of carbonyl (C=O) groups is 2. The summed E-state index contributed by atoms with van der Waals surface area (Å²) in [6.45, 7) is 7.76. The highest BCUT2D eigenvalue weighted by Gasteiger charge is 2.62. The van der Waals surface area contributed by atoms with E-state index in [-0.39, 0.29) is 30.1 Å². The Kier molecular flexibility index (Phi) is 20.1. The second-order valence-corrected chi connectivity index (χ2v) is 18.3. The number of allylic oxidation sites excluding steroid dienone is 1. The zero-order valence-electron chi connectivity index (χ0n) is 36.9. The van der Waals surface area contributed by atoms with E-state index < -0.39 is 17.4 Å². The van der Waals surface area contributed by atoms with Crippen LogP contribution in [0.15, 0.2) is 17.1 Å². The molecule has 7 atom stereocenters. The smallest absolute Gasteiger partial charge is 0.316 e. The summed E-state index contributed by atoms with van der Waals surface area (Å²) in [4.78, 5) is 36.7. The lowest BCUT2D eigenvalue weighted by Gasteiger charge is -2.54. The van der Waals surface area contributed by atoms with Crippen LogP contribution in [-0.4, -0.2) is 96.2 Å². The van der Waals surface area contributed by atoms with Crippen molar-refractivity contribution in [2.45, 2.75) is 229 Å². The number of nitrogens with two attached hydrogens (primary N) is 2. The maximum Gasteiger partial charge on any atom is 0.316 e. The van der Waals surface area contributed by atoms with Gasteiger partial charge in [0.2, 0.25) is 5.91 Å². The van der Waals surface area contributed by atoms with Crippen LogP contribution in [0.4, 0.5) is 0 Å². The van der Waals surface area contributed by atoms with E-state index in [4.69, 9.17) is 30.7 Å². The molecule has 2 spiro atoms. The maximum atomic E-state index is 14.2. The highest BCUT2D eigenvalue weighted by Crippen LogP contribution is 2.51. The molecule has 0 saturated carbocycles. The summed E-state index contributed by atoms with van der Waals surface area (Å²) in [5.74, 6) is 0.661. The van der Waals surface area contributed by atoms with Crippen molar-refractivity contribution in [2.24, 2.45) is 22.4 Å². The lowest BCUT2D eigenvalue weighted by molar-refractivity contribution is -0.196. The van der Waals surface area contributed by atoms with Gasteiger partial charge in [0.05, 0.1) is 24.9 Å². The minimum Gasteiger partial charge on any atom is -0.465 e. The van der Waals surface area contributed by atoms with Gasteiger partial charge >= 0.3 is 5.97 Å². The number of esters is 1. The van der Waals surface area contributed by atoms with Gasteiger partial charge in [-0.15, -0.1) is 0 Å². The number of guanidine groups is 1. The Bertz CT molecular complexity index is 1280. The molecule has 0 aromatic carbocycles. The fourth-order valence-electron chi connectivity index (χ4n) is 10.6. The topological polar surface area (TPSA) is 145 Å². The van der Waals surface area contributed by atoms with Crippen molar-refractivity contribution in [3.05, 3.63) is 12.2 Å². The molecule has 11 nitrogen and oxygen atoms in total. The molecule has 11 heteroatoms. The van der Waals surface area contributed by atoms with Crippen LogP contribution in [0.25, 0.3) is 0 Å². The van der Waals surface area contributed by atoms with Gasteiger partial charge in [-0.2, -0.15) is 0 Å². The first kappa shape index (κ1) is 46.8. The minimum atomic E-state index is -0.871. The lowest BCUT2D eigenvalue weighted by atomic mass is 9.80. The van der Waals surface area contributed by atoms with Crippen LogP contribution in [0.2, 0.25) is 0 Å². The first-order valence-electron chi connectivity index (χ1n) is 24.4. The number of unbranched alkanes of at least 4 members (excludes halogenated alkanes) is 13. The predicted octanol–water partition coefficient (Wildman–Crippen LogP) is 8.63. The standard InChI is InChI=1S/C47H84N6O5/c1-3-5-24-40-29-31-46(57-40)37-38-27-28-41-43(47(51-45(50-46)53(38)41)30-21-25-39(58-47)23-4-2)44(55)56-36-20-16-14-12-10-8-6-7-9-11-13-15-17-26-42(54)52(35-22-33-49)34-19-18-32-48/h5,24,38-41,43H,3-4,6-23,25-37,48-49H2,1-2H3,(H,50,51)/b24-5+/t38-,39+,40-,41+,43+,46-,47+/m1/s1. The molecule has 5 rings (SSSR count). The molecular weight excluding hydrogens is 729 g/mol. The number of hydrogen-bond donors (Lipinski definition) is 3. The number of hydrogen-bond acceptors (Lipinski definition) is 10. The van der Waals surface area contributed by atoms with Gasteiger partial charge in [0.1, 0.15) is 11.6 Å². The third kappa shape index (κ3) is 13.4. The zero-order valence-corrected chi connectivity index (χ0v) is 36.9. The number of aliphatic imine (C=N–C) groups is 1. The molecule has 4 saturated heterocycles. The molecular formula is C47H84N6O5. The van der Waals surface area contributed by atoms with Gasteiger partial charge in [-0.1, -0.05) is 103 Å². The molecule has 0 aromatic rings. The van der Waals surface area contributed by atoms with Crippen molar-refractivity contribution >= 4 is 17.8 Å². The molecule has 332 valence electrons. The molecule has 5 aliphatic rings. The summed E-state index contributed by atoms with van der Waals surface area (Å²) in [5, 5.41) is 3.80. The highest BCUT2D eigenvalue weighted by molar-refractivity contribution is 5.87. The Morgan fingerprint density at radius 3 is 2.22 bits per heavy atom. The fourth-order valence-corrected chi connectivity index (χ4v) is 10.6. The molecule has 5 N–H and O–H groups in total. The first-order valence-corrected chi connectivity index (χ1v) is 24.4. The van der Waals surface area contributed by atoms with Gasteiger partial charge in [0, 0.05) is 32.0 Å². The van der Waals surface area contributed by atoms with Gasteiger partial charge in [-0.3, -0.25) is 9.59 Å². The summed E-state index contributed by atoms with van der Waals surface area (Å²) < 4.78 is 19.8. The maximum absolute atomic E-state index is 14.2.